The Morgan fingerprint density at radius 3 is 2.59 bits per heavy atom. The van der Waals surface area contributed by atoms with E-state index in [0.717, 1.165) is 35.5 Å². The topological polar surface area (TPSA) is 62.2 Å². The number of piperazine rings is 1. The molecule has 0 atom stereocenters. The van der Waals surface area contributed by atoms with Gasteiger partial charge in [0.15, 0.2) is 5.16 Å². The van der Waals surface area contributed by atoms with E-state index in [1.54, 1.807) is 6.20 Å². The molecule has 7 heteroatoms. The van der Waals surface area contributed by atoms with Gasteiger partial charge in [-0.1, -0.05) is 36.0 Å². The van der Waals surface area contributed by atoms with Gasteiger partial charge in [-0.2, -0.15) is 0 Å². The van der Waals surface area contributed by atoms with Crippen LogP contribution < -0.4 is 4.90 Å². The highest BCUT2D eigenvalue weighted by Gasteiger charge is 2.22. The van der Waals surface area contributed by atoms with Gasteiger partial charge in [-0.3, -0.25) is 4.79 Å². The molecule has 3 aromatic rings. The lowest BCUT2D eigenvalue weighted by atomic mass is 10.2. The zero-order chi connectivity index (χ0) is 18.6. The Morgan fingerprint density at radius 1 is 1.04 bits per heavy atom. The number of anilines is 1. The van der Waals surface area contributed by atoms with Gasteiger partial charge >= 0.3 is 0 Å². The van der Waals surface area contributed by atoms with Crippen molar-refractivity contribution in [1.82, 2.24) is 19.9 Å². The predicted octanol–water partition coefficient (Wildman–Crippen LogP) is 2.77. The van der Waals surface area contributed by atoms with Gasteiger partial charge in [0.2, 0.25) is 5.91 Å². The Bertz CT molecular complexity index is 942. The van der Waals surface area contributed by atoms with Crippen LogP contribution in [0.15, 0.2) is 53.8 Å². The molecule has 27 heavy (non-hydrogen) atoms. The summed E-state index contributed by atoms with van der Waals surface area (Å²) in [6.07, 6.45) is 1.80. The third kappa shape index (κ3) is 4.03. The highest BCUT2D eigenvalue weighted by molar-refractivity contribution is 7.99. The summed E-state index contributed by atoms with van der Waals surface area (Å²) in [4.78, 5) is 30.2. The molecule has 0 bridgehead atoms. The number of para-hydroxylation sites is 1. The van der Waals surface area contributed by atoms with Crippen LogP contribution in [-0.4, -0.2) is 57.7 Å². The normalized spacial score (nSPS) is 14.6. The number of pyridine rings is 1. The second-order valence-electron chi connectivity index (χ2n) is 6.45. The average Bonchev–Trinajstić information content (AvgIpc) is 2.73. The second-order valence-corrected chi connectivity index (χ2v) is 7.40. The number of carbonyl (C=O) groups is 1. The van der Waals surface area contributed by atoms with Crippen LogP contribution in [-0.2, 0) is 4.79 Å². The first-order valence-electron chi connectivity index (χ1n) is 9.00. The molecule has 0 saturated carbocycles. The van der Waals surface area contributed by atoms with Crippen molar-refractivity contribution >= 4 is 34.4 Å². The number of hydrogen-bond donors (Lipinski definition) is 0. The number of carbonyl (C=O) groups excluding carboxylic acids is 1. The first kappa shape index (κ1) is 17.7. The van der Waals surface area contributed by atoms with Gasteiger partial charge in [0.25, 0.3) is 0 Å². The van der Waals surface area contributed by atoms with Gasteiger partial charge in [0.05, 0.1) is 11.3 Å². The molecule has 1 fully saturated rings. The van der Waals surface area contributed by atoms with Gasteiger partial charge in [-0.15, -0.1) is 0 Å². The zero-order valence-electron chi connectivity index (χ0n) is 15.2. The molecule has 138 valence electrons. The van der Waals surface area contributed by atoms with Crippen LogP contribution >= 0.6 is 11.8 Å². The van der Waals surface area contributed by atoms with Crippen molar-refractivity contribution in [3.8, 4) is 0 Å². The summed E-state index contributed by atoms with van der Waals surface area (Å²) in [5.74, 6) is 1.47. The molecule has 0 spiro atoms. The Hall–Kier alpha value is -2.67. The molecule has 6 nitrogen and oxygen atoms in total. The minimum absolute atomic E-state index is 0.134. The predicted molar refractivity (Wildman–Crippen MR) is 108 cm³/mol. The monoisotopic (exact) mass is 379 g/mol. The Kier molecular flexibility index (Phi) is 5.20. The molecule has 2 aromatic heterocycles. The Labute approximate surface area is 162 Å². The van der Waals surface area contributed by atoms with Crippen molar-refractivity contribution in [2.75, 3.05) is 36.8 Å². The van der Waals surface area contributed by atoms with E-state index in [2.05, 4.69) is 19.9 Å². The fraction of sp³-hybridized carbons (Fsp3) is 0.300. The van der Waals surface area contributed by atoms with E-state index in [1.165, 1.54) is 11.8 Å². The summed E-state index contributed by atoms with van der Waals surface area (Å²) >= 11 is 1.41. The van der Waals surface area contributed by atoms with Gasteiger partial charge in [0.1, 0.15) is 5.82 Å². The van der Waals surface area contributed by atoms with E-state index in [4.69, 9.17) is 0 Å². The number of aromatic nitrogens is 3. The molecule has 0 aliphatic carbocycles. The summed E-state index contributed by atoms with van der Waals surface area (Å²) in [6.45, 7) is 5.02. The summed E-state index contributed by atoms with van der Waals surface area (Å²) in [6, 6.07) is 13.9. The van der Waals surface area contributed by atoms with Crippen LogP contribution in [0.1, 0.15) is 5.69 Å². The molecule has 1 aliphatic heterocycles. The van der Waals surface area contributed by atoms with Gasteiger partial charge in [0, 0.05) is 43.5 Å². The minimum atomic E-state index is 0.134. The van der Waals surface area contributed by atoms with Crippen molar-refractivity contribution < 1.29 is 4.79 Å². The molecule has 0 N–H and O–H groups in total. The summed E-state index contributed by atoms with van der Waals surface area (Å²) in [5.41, 5.74) is 1.86. The number of aryl methyl sites for hydroxylation is 1. The smallest absolute Gasteiger partial charge is 0.233 e. The van der Waals surface area contributed by atoms with E-state index >= 15 is 0 Å². The third-order valence-electron chi connectivity index (χ3n) is 4.70. The standard InChI is InChI=1S/C20H21N5OS/c1-15-16-6-2-3-7-17(16)23-20(22-15)27-14-19(26)25-12-10-24(11-13-25)18-8-4-5-9-21-18/h2-9H,10-14H2,1H3. The summed E-state index contributed by atoms with van der Waals surface area (Å²) < 4.78 is 0. The maximum Gasteiger partial charge on any atom is 0.233 e. The van der Waals surface area contributed by atoms with Crippen molar-refractivity contribution in [1.29, 1.82) is 0 Å². The van der Waals surface area contributed by atoms with E-state index in [9.17, 15) is 4.79 Å². The molecular formula is C20H21N5OS. The first-order chi connectivity index (χ1) is 13.2. The lowest BCUT2D eigenvalue weighted by Crippen LogP contribution is -2.49. The number of thioether (sulfide) groups is 1. The van der Waals surface area contributed by atoms with E-state index in [0.29, 0.717) is 24.0 Å². The lowest BCUT2D eigenvalue weighted by molar-refractivity contribution is -0.128. The molecule has 0 radical (unpaired) electrons. The number of nitrogens with zero attached hydrogens (tertiary/aromatic N) is 5. The highest BCUT2D eigenvalue weighted by Crippen LogP contribution is 2.21. The van der Waals surface area contributed by atoms with Gasteiger partial charge < -0.3 is 9.80 Å². The fourth-order valence-electron chi connectivity index (χ4n) is 3.22. The van der Waals surface area contributed by atoms with Gasteiger partial charge in [-0.05, 0) is 25.1 Å². The Morgan fingerprint density at radius 2 is 1.81 bits per heavy atom. The highest BCUT2D eigenvalue weighted by atomic mass is 32.2. The fourth-order valence-corrected chi connectivity index (χ4v) is 4.02. The van der Waals surface area contributed by atoms with Crippen LogP contribution in [0, 0.1) is 6.92 Å². The number of fused-ring (bicyclic) bond motifs is 1. The maximum atomic E-state index is 12.6. The van der Waals surface area contributed by atoms with Crippen molar-refractivity contribution in [2.24, 2.45) is 0 Å². The quantitative estimate of drug-likeness (QED) is 0.513. The number of rotatable bonds is 4. The van der Waals surface area contributed by atoms with Crippen LogP contribution in [0.2, 0.25) is 0 Å². The summed E-state index contributed by atoms with van der Waals surface area (Å²) in [7, 11) is 0. The molecule has 1 saturated heterocycles. The molecule has 3 heterocycles. The SMILES string of the molecule is Cc1nc(SCC(=O)N2CCN(c3ccccn3)CC2)nc2ccccc12. The molecule has 1 amide bonds. The zero-order valence-corrected chi connectivity index (χ0v) is 16.0. The molecule has 4 rings (SSSR count). The minimum Gasteiger partial charge on any atom is -0.353 e. The number of benzene rings is 1. The Balaban J connectivity index is 1.34. The molecule has 1 aromatic carbocycles. The molecule has 1 aliphatic rings. The van der Waals surface area contributed by atoms with Crippen molar-refractivity contribution in [3.05, 3.63) is 54.4 Å². The van der Waals surface area contributed by atoms with Crippen LogP contribution in [0.3, 0.4) is 0 Å². The lowest BCUT2D eigenvalue weighted by Gasteiger charge is -2.35. The van der Waals surface area contributed by atoms with Crippen LogP contribution in [0.5, 0.6) is 0 Å². The van der Waals surface area contributed by atoms with Crippen LogP contribution in [0.4, 0.5) is 5.82 Å². The molecular weight excluding hydrogens is 358 g/mol. The largest absolute Gasteiger partial charge is 0.353 e. The first-order valence-corrected chi connectivity index (χ1v) is 9.99. The van der Waals surface area contributed by atoms with Gasteiger partial charge in [-0.25, -0.2) is 15.0 Å². The summed E-state index contributed by atoms with van der Waals surface area (Å²) in [5, 5.41) is 1.71. The van der Waals surface area contributed by atoms with Crippen molar-refractivity contribution in [2.45, 2.75) is 12.1 Å². The average molecular weight is 379 g/mol. The number of hydrogen-bond acceptors (Lipinski definition) is 6. The van der Waals surface area contributed by atoms with E-state index < -0.39 is 0 Å². The second kappa shape index (κ2) is 7.92. The molecule has 0 unspecified atom stereocenters. The van der Waals surface area contributed by atoms with Crippen molar-refractivity contribution in [3.63, 3.8) is 0 Å². The van der Waals surface area contributed by atoms with E-state index in [1.807, 2.05) is 54.3 Å². The third-order valence-corrected chi connectivity index (χ3v) is 5.54. The van der Waals surface area contributed by atoms with E-state index in [-0.39, 0.29) is 5.91 Å². The maximum absolute atomic E-state index is 12.6. The van der Waals surface area contributed by atoms with Crippen LogP contribution in [0.25, 0.3) is 10.9 Å². The number of amides is 1.